The van der Waals surface area contributed by atoms with Gasteiger partial charge in [0, 0.05) is 5.56 Å². The summed E-state index contributed by atoms with van der Waals surface area (Å²) in [5.74, 6) is 0.0436. The maximum Gasteiger partial charge on any atom is 0.360 e. The predicted octanol–water partition coefficient (Wildman–Crippen LogP) is 3.08. The molecule has 1 aliphatic heterocycles. The smallest absolute Gasteiger partial charge is 0.360 e. The third-order valence-corrected chi connectivity index (χ3v) is 3.05. The van der Waals surface area contributed by atoms with Crippen molar-refractivity contribution in [2.24, 2.45) is 4.99 Å². The van der Waals surface area contributed by atoms with Crippen molar-refractivity contribution in [1.82, 2.24) is 0 Å². The number of hydrogen-bond donors (Lipinski definition) is 0. The molecule has 0 radical (unpaired) electrons. The van der Waals surface area contributed by atoms with Gasteiger partial charge in [-0.2, -0.15) is 0 Å². The summed E-state index contributed by atoms with van der Waals surface area (Å²) in [6.45, 7) is 7.69. The van der Waals surface area contributed by atoms with E-state index in [0.717, 1.165) is 11.3 Å². The second-order valence-electron chi connectivity index (χ2n) is 5.06. The van der Waals surface area contributed by atoms with Gasteiger partial charge in [0.15, 0.2) is 5.70 Å². The lowest BCUT2D eigenvalue weighted by Gasteiger charge is -2.32. The Balaban J connectivity index is 2.47. The van der Waals surface area contributed by atoms with Crippen LogP contribution in [0.1, 0.15) is 33.3 Å². The van der Waals surface area contributed by atoms with Crippen molar-refractivity contribution >= 4 is 11.7 Å². The molecule has 0 unspecified atom stereocenters. The van der Waals surface area contributed by atoms with E-state index in [1.54, 1.807) is 13.8 Å². The van der Waals surface area contributed by atoms with Crippen LogP contribution in [0, 0.1) is 0 Å². The average Bonchev–Trinajstić information content (AvgIpc) is 2.39. The first-order valence-electron chi connectivity index (χ1n) is 6.67. The molecule has 0 aromatic heterocycles. The zero-order valence-corrected chi connectivity index (χ0v) is 12.3. The van der Waals surface area contributed by atoms with Gasteiger partial charge in [0.05, 0.1) is 12.3 Å². The zero-order chi connectivity index (χ0) is 14.8. The van der Waals surface area contributed by atoms with E-state index < -0.39 is 11.6 Å². The topological polar surface area (TPSA) is 47.9 Å². The maximum atomic E-state index is 11.9. The Labute approximate surface area is 119 Å². The summed E-state index contributed by atoms with van der Waals surface area (Å²) in [6.07, 6.45) is 0. The monoisotopic (exact) mass is 273 g/mol. The molecule has 0 N–H and O–H groups in total. The van der Waals surface area contributed by atoms with E-state index >= 15 is 0 Å². The molecule has 1 heterocycles. The number of hydrogen-bond acceptors (Lipinski definition) is 4. The van der Waals surface area contributed by atoms with Crippen LogP contribution in [0.2, 0.25) is 0 Å². The minimum atomic E-state index is -0.582. The van der Waals surface area contributed by atoms with Gasteiger partial charge in [0.2, 0.25) is 0 Å². The van der Waals surface area contributed by atoms with E-state index in [9.17, 15) is 4.79 Å². The Kier molecular flexibility index (Phi) is 3.93. The van der Waals surface area contributed by atoms with Gasteiger partial charge < -0.3 is 9.47 Å². The van der Waals surface area contributed by atoms with Crippen LogP contribution >= 0.6 is 0 Å². The molecule has 0 saturated carbocycles. The molecule has 4 heteroatoms. The molecule has 0 aliphatic carbocycles. The Bertz CT molecular complexity index is 571. The van der Waals surface area contributed by atoms with Crippen molar-refractivity contribution < 1.29 is 14.3 Å². The molecule has 0 bridgehead atoms. The summed E-state index contributed by atoms with van der Waals surface area (Å²) in [7, 11) is 0. The van der Waals surface area contributed by atoms with Crippen LogP contribution < -0.4 is 0 Å². The van der Waals surface area contributed by atoms with Crippen LogP contribution in [0.25, 0.3) is 0 Å². The normalized spacial score (nSPS) is 17.3. The van der Waals surface area contributed by atoms with Crippen LogP contribution in [0.4, 0.5) is 0 Å². The predicted molar refractivity (Wildman–Crippen MR) is 77.5 cm³/mol. The summed E-state index contributed by atoms with van der Waals surface area (Å²) < 4.78 is 10.9. The van der Waals surface area contributed by atoms with E-state index in [0.29, 0.717) is 12.4 Å². The molecule has 0 spiro atoms. The first kappa shape index (κ1) is 14.3. The van der Waals surface area contributed by atoms with E-state index in [2.05, 4.69) is 4.99 Å². The van der Waals surface area contributed by atoms with E-state index in [4.69, 9.17) is 9.47 Å². The number of rotatable bonds is 3. The van der Waals surface area contributed by atoms with Crippen LogP contribution in [0.5, 0.6) is 0 Å². The molecule has 2 rings (SSSR count). The Morgan fingerprint density at radius 1 is 1.30 bits per heavy atom. The number of ether oxygens (including phenoxy) is 2. The summed E-state index contributed by atoms with van der Waals surface area (Å²) in [5, 5.41) is 0. The SMILES string of the molecule is CCOC(=O)C1=C(C)OC(C)(C)C(c2ccccc2)=N1. The number of esters is 1. The summed E-state index contributed by atoms with van der Waals surface area (Å²) in [6, 6.07) is 9.71. The second kappa shape index (κ2) is 5.49. The minimum Gasteiger partial charge on any atom is -0.484 e. The lowest BCUT2D eigenvalue weighted by molar-refractivity contribution is -0.139. The van der Waals surface area contributed by atoms with E-state index in [1.807, 2.05) is 44.2 Å². The molecule has 0 saturated heterocycles. The highest BCUT2D eigenvalue weighted by Crippen LogP contribution is 2.29. The van der Waals surface area contributed by atoms with Gasteiger partial charge in [0.25, 0.3) is 0 Å². The van der Waals surface area contributed by atoms with Crippen LogP contribution in [0.15, 0.2) is 46.8 Å². The Hall–Kier alpha value is -2.10. The molecular formula is C16H19NO3. The van der Waals surface area contributed by atoms with Gasteiger partial charge in [-0.1, -0.05) is 30.3 Å². The van der Waals surface area contributed by atoms with Crippen molar-refractivity contribution in [3.63, 3.8) is 0 Å². The first-order chi connectivity index (χ1) is 9.45. The molecule has 1 aromatic rings. The van der Waals surface area contributed by atoms with Crippen molar-refractivity contribution in [3.8, 4) is 0 Å². The molecule has 1 aromatic carbocycles. The van der Waals surface area contributed by atoms with Gasteiger partial charge in [0.1, 0.15) is 11.4 Å². The molecule has 4 nitrogen and oxygen atoms in total. The number of carbonyl (C=O) groups is 1. The molecule has 0 fully saturated rings. The Morgan fingerprint density at radius 2 is 1.95 bits per heavy atom. The van der Waals surface area contributed by atoms with Crippen molar-refractivity contribution in [2.75, 3.05) is 6.61 Å². The number of carbonyl (C=O) groups excluding carboxylic acids is 1. The van der Waals surface area contributed by atoms with Crippen molar-refractivity contribution in [1.29, 1.82) is 0 Å². The third-order valence-electron chi connectivity index (χ3n) is 3.05. The van der Waals surface area contributed by atoms with Crippen LogP contribution in [-0.2, 0) is 14.3 Å². The lowest BCUT2D eigenvalue weighted by atomic mass is 9.94. The summed E-state index contributed by atoms with van der Waals surface area (Å²) in [5.41, 5.74) is 1.32. The minimum absolute atomic E-state index is 0.241. The van der Waals surface area contributed by atoms with Crippen molar-refractivity contribution in [3.05, 3.63) is 47.4 Å². The molecular weight excluding hydrogens is 254 g/mol. The van der Waals surface area contributed by atoms with Gasteiger partial charge in [-0.15, -0.1) is 0 Å². The molecule has 0 amide bonds. The molecule has 0 atom stereocenters. The summed E-state index contributed by atoms with van der Waals surface area (Å²) in [4.78, 5) is 16.4. The van der Waals surface area contributed by atoms with Gasteiger partial charge in [-0.3, -0.25) is 0 Å². The van der Waals surface area contributed by atoms with E-state index in [-0.39, 0.29) is 5.70 Å². The number of aliphatic imine (C=N–C) groups is 1. The standard InChI is InChI=1S/C16H19NO3/c1-5-19-15(18)13-11(2)20-16(3,4)14(17-13)12-9-7-6-8-10-12/h6-10H,5H2,1-4H3. The molecule has 20 heavy (non-hydrogen) atoms. The van der Waals surface area contributed by atoms with Gasteiger partial charge in [-0.25, -0.2) is 9.79 Å². The largest absolute Gasteiger partial charge is 0.484 e. The number of allylic oxidation sites excluding steroid dienone is 1. The molecule has 106 valence electrons. The van der Waals surface area contributed by atoms with Gasteiger partial charge in [-0.05, 0) is 27.7 Å². The highest BCUT2D eigenvalue weighted by molar-refractivity contribution is 6.09. The van der Waals surface area contributed by atoms with Gasteiger partial charge >= 0.3 is 5.97 Å². The van der Waals surface area contributed by atoms with Crippen LogP contribution in [-0.4, -0.2) is 23.9 Å². The average molecular weight is 273 g/mol. The molecule has 1 aliphatic rings. The summed E-state index contributed by atoms with van der Waals surface area (Å²) >= 11 is 0. The van der Waals surface area contributed by atoms with E-state index in [1.165, 1.54) is 0 Å². The fourth-order valence-corrected chi connectivity index (χ4v) is 2.20. The van der Waals surface area contributed by atoms with Crippen LogP contribution in [0.3, 0.4) is 0 Å². The fraction of sp³-hybridized carbons (Fsp3) is 0.375. The lowest BCUT2D eigenvalue weighted by Crippen LogP contribution is -2.39. The number of benzene rings is 1. The zero-order valence-electron chi connectivity index (χ0n) is 12.3. The highest BCUT2D eigenvalue weighted by Gasteiger charge is 2.35. The first-order valence-corrected chi connectivity index (χ1v) is 6.67. The third kappa shape index (κ3) is 2.74. The highest BCUT2D eigenvalue weighted by atomic mass is 16.5. The number of nitrogens with zero attached hydrogens (tertiary/aromatic N) is 1. The Morgan fingerprint density at radius 3 is 2.55 bits per heavy atom. The fourth-order valence-electron chi connectivity index (χ4n) is 2.20. The second-order valence-corrected chi connectivity index (χ2v) is 5.06. The quantitative estimate of drug-likeness (QED) is 0.795. The maximum absolute atomic E-state index is 11.9. The van der Waals surface area contributed by atoms with Crippen molar-refractivity contribution in [2.45, 2.75) is 33.3 Å².